The van der Waals surface area contributed by atoms with E-state index in [1.165, 1.54) is 25.6 Å². The molecule has 198 valence electrons. The SMILES string of the molecule is CCOc1ccc(C(=[NH2+])/C=C2/C=C(c3ccccc3)C=C(c3ccccc3)[Se]2)cc1OCC.F[B-](F)(F)F. The first-order valence-electron chi connectivity index (χ1n) is 12.0. The summed E-state index contributed by atoms with van der Waals surface area (Å²) in [5, 5.41) is 6.59. The minimum atomic E-state index is -6.00. The third-order valence-corrected chi connectivity index (χ3v) is 7.34. The van der Waals surface area contributed by atoms with E-state index < -0.39 is 7.25 Å². The van der Waals surface area contributed by atoms with Crippen LogP contribution in [0.15, 0.2) is 102 Å². The Labute approximate surface area is 226 Å². The second kappa shape index (κ2) is 13.8. The van der Waals surface area contributed by atoms with E-state index in [1.807, 2.05) is 38.1 Å². The molecule has 0 aromatic heterocycles. The number of allylic oxidation sites excluding steroid dienone is 5. The van der Waals surface area contributed by atoms with Gasteiger partial charge in [0.1, 0.15) is 0 Å². The average molecular weight is 588 g/mol. The van der Waals surface area contributed by atoms with E-state index in [-0.39, 0.29) is 15.0 Å². The Morgan fingerprint density at radius 1 is 0.789 bits per heavy atom. The second-order valence-corrected chi connectivity index (χ2v) is 10.3. The van der Waals surface area contributed by atoms with Crippen molar-refractivity contribution in [3.63, 3.8) is 0 Å². The van der Waals surface area contributed by atoms with Crippen LogP contribution in [-0.2, 0) is 0 Å². The summed E-state index contributed by atoms with van der Waals surface area (Å²) in [7, 11) is -6.00. The van der Waals surface area contributed by atoms with Crippen LogP contribution in [-0.4, -0.2) is 41.1 Å². The van der Waals surface area contributed by atoms with Crippen molar-refractivity contribution in [3.05, 3.63) is 118 Å². The van der Waals surface area contributed by atoms with Crippen LogP contribution in [0.4, 0.5) is 17.3 Å². The molecule has 0 atom stereocenters. The van der Waals surface area contributed by atoms with Crippen LogP contribution in [0.25, 0.3) is 10.0 Å². The van der Waals surface area contributed by atoms with E-state index in [4.69, 9.17) is 14.9 Å². The Balaban J connectivity index is 0.000000732. The third-order valence-electron chi connectivity index (χ3n) is 5.15. The van der Waals surface area contributed by atoms with Gasteiger partial charge in [-0.25, -0.2) is 0 Å². The van der Waals surface area contributed by atoms with Gasteiger partial charge in [-0.1, -0.05) is 0 Å². The Bertz CT molecular complexity index is 1320. The maximum Gasteiger partial charge on any atom is 0.673 e. The number of halogens is 4. The van der Waals surface area contributed by atoms with E-state index in [9.17, 15) is 17.3 Å². The van der Waals surface area contributed by atoms with Gasteiger partial charge in [0.25, 0.3) is 0 Å². The molecule has 0 spiro atoms. The van der Waals surface area contributed by atoms with Crippen LogP contribution in [0, 0.1) is 0 Å². The van der Waals surface area contributed by atoms with Crippen molar-refractivity contribution in [2.24, 2.45) is 0 Å². The van der Waals surface area contributed by atoms with Crippen LogP contribution in [0.5, 0.6) is 11.5 Å². The zero-order chi connectivity index (χ0) is 27.5. The predicted molar refractivity (Wildman–Crippen MR) is 148 cm³/mol. The first-order chi connectivity index (χ1) is 18.2. The molecule has 0 saturated heterocycles. The molecule has 0 radical (unpaired) electrons. The first kappa shape index (κ1) is 29.0. The van der Waals surface area contributed by atoms with Crippen molar-refractivity contribution in [1.29, 1.82) is 0 Å². The van der Waals surface area contributed by atoms with Crippen molar-refractivity contribution in [1.82, 2.24) is 0 Å². The van der Waals surface area contributed by atoms with Gasteiger partial charge < -0.3 is 17.3 Å². The molecule has 0 fully saturated rings. The maximum atomic E-state index is 9.75. The van der Waals surface area contributed by atoms with Crippen molar-refractivity contribution in [2.75, 3.05) is 13.2 Å². The Morgan fingerprint density at radius 3 is 1.92 bits per heavy atom. The van der Waals surface area contributed by atoms with Gasteiger partial charge in [-0.05, 0) is 0 Å². The van der Waals surface area contributed by atoms with Crippen LogP contribution in [0.3, 0.4) is 0 Å². The topological polar surface area (TPSA) is 44.0 Å². The van der Waals surface area contributed by atoms with Gasteiger partial charge in [0.15, 0.2) is 0 Å². The molecule has 4 rings (SSSR count). The van der Waals surface area contributed by atoms with Crippen molar-refractivity contribution >= 4 is 38.0 Å². The summed E-state index contributed by atoms with van der Waals surface area (Å²) >= 11 is 0.137. The maximum absolute atomic E-state index is 9.75. The number of rotatable bonds is 8. The smallest absolute Gasteiger partial charge is 0.418 e. The number of hydrogen-bond donors (Lipinski definition) is 1. The zero-order valence-corrected chi connectivity index (χ0v) is 22.8. The Kier molecular flexibility index (Phi) is 10.6. The fourth-order valence-electron chi connectivity index (χ4n) is 3.60. The summed E-state index contributed by atoms with van der Waals surface area (Å²) in [6.07, 6.45) is 6.67. The Hall–Kier alpha value is -3.55. The molecule has 3 aromatic carbocycles. The number of benzene rings is 3. The van der Waals surface area contributed by atoms with Crippen LogP contribution in [0.1, 0.15) is 30.5 Å². The largest absolute Gasteiger partial charge is 0.673 e. The molecule has 0 amide bonds. The van der Waals surface area contributed by atoms with E-state index in [0.29, 0.717) is 18.9 Å². The van der Waals surface area contributed by atoms with E-state index in [2.05, 4.69) is 72.8 Å². The fraction of sp³-hybridized carbons (Fsp3) is 0.138. The first-order valence-corrected chi connectivity index (χ1v) is 13.7. The molecule has 3 nitrogen and oxygen atoms in total. The number of hydrogen-bond acceptors (Lipinski definition) is 2. The van der Waals surface area contributed by atoms with Gasteiger partial charge in [-0.3, -0.25) is 0 Å². The summed E-state index contributed by atoms with van der Waals surface area (Å²) in [5.74, 6) is 1.46. The van der Waals surface area contributed by atoms with Gasteiger partial charge in [0.2, 0.25) is 0 Å². The van der Waals surface area contributed by atoms with Crippen LogP contribution >= 0.6 is 0 Å². The molecule has 1 aliphatic heterocycles. The number of nitrogens with two attached hydrogens (primary N) is 1. The molecule has 0 aliphatic carbocycles. The summed E-state index contributed by atoms with van der Waals surface area (Å²) in [5.41, 5.74) is 5.29. The molecular weight excluding hydrogens is 560 g/mol. The van der Waals surface area contributed by atoms with Crippen LogP contribution < -0.4 is 14.9 Å². The minimum absolute atomic E-state index is 0.137. The summed E-state index contributed by atoms with van der Waals surface area (Å²) in [6, 6.07) is 27.0. The van der Waals surface area contributed by atoms with Gasteiger partial charge >= 0.3 is 210 Å². The van der Waals surface area contributed by atoms with Gasteiger partial charge in [0.05, 0.1) is 0 Å². The predicted octanol–water partition coefficient (Wildman–Crippen LogP) is 6.06. The molecule has 0 bridgehead atoms. The molecule has 0 saturated carbocycles. The van der Waals surface area contributed by atoms with Crippen LogP contribution in [0.2, 0.25) is 0 Å². The summed E-state index contributed by atoms with van der Waals surface area (Å²) < 4.78 is 53.1. The normalized spacial score (nSPS) is 14.1. The van der Waals surface area contributed by atoms with E-state index in [1.54, 1.807) is 0 Å². The standard InChI is InChI=1S/C29H27NO2Se.BF4/c1-3-31-27-16-15-23(18-28(27)32-4-2)26(30)20-25-17-24(21-11-7-5-8-12-21)19-29(33-25)22-13-9-6-10-14-22;2-1(3,4)5/h5-20,30H,3-4H2,1-2H3;/q;-1/p+1/b25-20-,30-26?;. The molecule has 1 aliphatic rings. The van der Waals surface area contributed by atoms with Crippen molar-refractivity contribution in [2.45, 2.75) is 13.8 Å². The van der Waals surface area contributed by atoms with E-state index >= 15 is 0 Å². The van der Waals surface area contributed by atoms with Gasteiger partial charge in [0, 0.05) is 0 Å². The zero-order valence-electron chi connectivity index (χ0n) is 21.0. The number of ether oxygens (including phenoxy) is 2. The molecular formula is C29H28BF4NO2Se. The quantitative estimate of drug-likeness (QED) is 0.198. The molecule has 0 unspecified atom stereocenters. The second-order valence-electron chi connectivity index (χ2n) is 7.97. The average Bonchev–Trinajstić information content (AvgIpc) is 2.90. The molecule has 9 heteroatoms. The summed E-state index contributed by atoms with van der Waals surface area (Å²) in [4.78, 5) is 0. The van der Waals surface area contributed by atoms with E-state index in [0.717, 1.165) is 17.1 Å². The molecule has 3 aromatic rings. The third kappa shape index (κ3) is 9.08. The van der Waals surface area contributed by atoms with Gasteiger partial charge in [-0.2, -0.15) is 0 Å². The van der Waals surface area contributed by atoms with Crippen molar-refractivity contribution < 1.29 is 32.1 Å². The minimum Gasteiger partial charge on any atom is -0.418 e. The molecule has 2 N–H and O–H groups in total. The molecule has 38 heavy (non-hydrogen) atoms. The molecule has 1 heterocycles. The fourth-order valence-corrected chi connectivity index (χ4v) is 5.84. The van der Waals surface area contributed by atoms with Gasteiger partial charge in [-0.15, -0.1) is 0 Å². The monoisotopic (exact) mass is 589 g/mol. The Morgan fingerprint density at radius 2 is 1.34 bits per heavy atom. The van der Waals surface area contributed by atoms with Crippen molar-refractivity contribution in [3.8, 4) is 11.5 Å². The summed E-state index contributed by atoms with van der Waals surface area (Å²) in [6.45, 7) is 5.10.